The second kappa shape index (κ2) is 7.56. The van der Waals surface area contributed by atoms with Gasteiger partial charge in [-0.05, 0) is 38.4 Å². The van der Waals surface area contributed by atoms with E-state index in [2.05, 4.69) is 34.9 Å². The fourth-order valence-corrected chi connectivity index (χ4v) is 2.43. The van der Waals surface area contributed by atoms with Gasteiger partial charge < -0.3 is 5.32 Å². The standard InChI is InChI=1S/C17H21N3/c1-3-4-5-6-14(2)17(15-7-9-18-10-8-15)16-13-19-11-12-20-16/h3-6,11-13,18H,1,7-10H2,2H3/b5-4-,14-6+. The number of hydrogen-bond acceptors (Lipinski definition) is 3. The molecule has 1 saturated heterocycles. The summed E-state index contributed by atoms with van der Waals surface area (Å²) < 4.78 is 0. The van der Waals surface area contributed by atoms with E-state index in [-0.39, 0.29) is 0 Å². The smallest absolute Gasteiger partial charge is 0.0887 e. The molecule has 0 spiro atoms. The molecule has 1 aliphatic heterocycles. The van der Waals surface area contributed by atoms with Crippen LogP contribution in [-0.2, 0) is 0 Å². The Hall–Kier alpha value is -2.00. The third-order valence-corrected chi connectivity index (χ3v) is 3.37. The molecule has 0 radical (unpaired) electrons. The lowest BCUT2D eigenvalue weighted by molar-refractivity contribution is 0.611. The largest absolute Gasteiger partial charge is 0.316 e. The van der Waals surface area contributed by atoms with Crippen LogP contribution in [0.3, 0.4) is 0 Å². The van der Waals surface area contributed by atoms with Crippen LogP contribution in [-0.4, -0.2) is 23.1 Å². The SMILES string of the molecule is C=C/C=C\C=C(/C)C(=C1CCNCC1)c1cnccn1. The van der Waals surface area contributed by atoms with Gasteiger partial charge in [0.15, 0.2) is 0 Å². The summed E-state index contributed by atoms with van der Waals surface area (Å²) in [5.41, 5.74) is 4.89. The summed E-state index contributed by atoms with van der Waals surface area (Å²) in [6, 6.07) is 0. The van der Waals surface area contributed by atoms with E-state index in [1.807, 2.05) is 18.3 Å². The van der Waals surface area contributed by atoms with Crippen LogP contribution >= 0.6 is 0 Å². The van der Waals surface area contributed by atoms with E-state index in [0.717, 1.165) is 31.6 Å². The topological polar surface area (TPSA) is 37.8 Å². The van der Waals surface area contributed by atoms with Crippen molar-refractivity contribution in [3.05, 3.63) is 66.3 Å². The molecule has 1 aromatic heterocycles. The van der Waals surface area contributed by atoms with Gasteiger partial charge in [-0.3, -0.25) is 9.97 Å². The highest BCUT2D eigenvalue weighted by Gasteiger charge is 2.14. The van der Waals surface area contributed by atoms with E-state index in [9.17, 15) is 0 Å². The first kappa shape index (κ1) is 14.4. The van der Waals surface area contributed by atoms with E-state index < -0.39 is 0 Å². The van der Waals surface area contributed by atoms with Crippen molar-refractivity contribution in [2.75, 3.05) is 13.1 Å². The van der Waals surface area contributed by atoms with Crippen LogP contribution in [0.25, 0.3) is 5.57 Å². The minimum atomic E-state index is 0.963. The van der Waals surface area contributed by atoms with Gasteiger partial charge in [0.2, 0.25) is 0 Å². The van der Waals surface area contributed by atoms with E-state index in [0.29, 0.717) is 0 Å². The molecule has 2 heterocycles. The predicted molar refractivity (Wildman–Crippen MR) is 84.1 cm³/mol. The van der Waals surface area contributed by atoms with Crippen LogP contribution < -0.4 is 5.32 Å². The molecular formula is C17H21N3. The Morgan fingerprint density at radius 2 is 2.05 bits per heavy atom. The van der Waals surface area contributed by atoms with E-state index in [1.165, 1.54) is 16.7 Å². The maximum absolute atomic E-state index is 4.48. The number of piperidine rings is 1. The van der Waals surface area contributed by atoms with Crippen LogP contribution in [0.2, 0.25) is 0 Å². The van der Waals surface area contributed by atoms with Gasteiger partial charge in [0, 0.05) is 18.0 Å². The average molecular weight is 267 g/mol. The quantitative estimate of drug-likeness (QED) is 0.851. The first-order valence-corrected chi connectivity index (χ1v) is 6.98. The zero-order chi connectivity index (χ0) is 14.2. The second-order valence-corrected chi connectivity index (χ2v) is 4.79. The van der Waals surface area contributed by atoms with Gasteiger partial charge in [0.05, 0.1) is 11.9 Å². The highest BCUT2D eigenvalue weighted by Crippen LogP contribution is 2.29. The van der Waals surface area contributed by atoms with Crippen molar-refractivity contribution in [2.45, 2.75) is 19.8 Å². The molecule has 2 rings (SSSR count). The van der Waals surface area contributed by atoms with E-state index in [4.69, 9.17) is 0 Å². The third kappa shape index (κ3) is 3.75. The molecule has 1 aliphatic rings. The molecule has 0 aromatic carbocycles. The zero-order valence-electron chi connectivity index (χ0n) is 12.0. The Morgan fingerprint density at radius 1 is 1.25 bits per heavy atom. The molecule has 1 fully saturated rings. The predicted octanol–water partition coefficient (Wildman–Crippen LogP) is 3.30. The van der Waals surface area contributed by atoms with E-state index >= 15 is 0 Å². The first-order valence-electron chi connectivity index (χ1n) is 6.98. The lowest BCUT2D eigenvalue weighted by Gasteiger charge is -2.20. The van der Waals surface area contributed by atoms with E-state index in [1.54, 1.807) is 18.5 Å². The van der Waals surface area contributed by atoms with Gasteiger partial charge in [0.1, 0.15) is 0 Å². The zero-order valence-corrected chi connectivity index (χ0v) is 12.0. The van der Waals surface area contributed by atoms with Crippen molar-refractivity contribution in [1.82, 2.24) is 15.3 Å². The van der Waals surface area contributed by atoms with Crippen LogP contribution in [0.15, 0.2) is 60.6 Å². The number of allylic oxidation sites excluding steroid dienone is 6. The molecule has 1 N–H and O–H groups in total. The Kier molecular flexibility index (Phi) is 5.44. The van der Waals surface area contributed by atoms with Crippen LogP contribution in [0.1, 0.15) is 25.5 Å². The van der Waals surface area contributed by atoms with Crippen LogP contribution in [0, 0.1) is 0 Å². The van der Waals surface area contributed by atoms with Crippen molar-refractivity contribution >= 4 is 5.57 Å². The molecule has 0 saturated carbocycles. The minimum absolute atomic E-state index is 0.963. The summed E-state index contributed by atoms with van der Waals surface area (Å²) in [5, 5.41) is 3.40. The van der Waals surface area contributed by atoms with Gasteiger partial charge in [0.25, 0.3) is 0 Å². The maximum Gasteiger partial charge on any atom is 0.0887 e. The monoisotopic (exact) mass is 267 g/mol. The number of aromatic nitrogens is 2. The summed E-state index contributed by atoms with van der Waals surface area (Å²) in [5.74, 6) is 0. The Labute approximate surface area is 120 Å². The number of nitrogens with one attached hydrogen (secondary N) is 1. The first-order chi connectivity index (χ1) is 9.83. The molecule has 1 aromatic rings. The summed E-state index contributed by atoms with van der Waals surface area (Å²) >= 11 is 0. The lowest BCUT2D eigenvalue weighted by Crippen LogP contribution is -2.24. The fraction of sp³-hybridized carbons (Fsp3) is 0.294. The van der Waals surface area contributed by atoms with Gasteiger partial charge >= 0.3 is 0 Å². The highest BCUT2D eigenvalue weighted by atomic mass is 14.9. The number of rotatable bonds is 4. The van der Waals surface area contributed by atoms with Gasteiger partial charge in [-0.2, -0.15) is 0 Å². The molecule has 0 atom stereocenters. The summed E-state index contributed by atoms with van der Waals surface area (Å²) in [6.45, 7) is 7.90. The minimum Gasteiger partial charge on any atom is -0.316 e. The molecule has 0 unspecified atom stereocenters. The highest BCUT2D eigenvalue weighted by molar-refractivity contribution is 5.79. The molecule has 3 heteroatoms. The van der Waals surface area contributed by atoms with Gasteiger partial charge in [-0.15, -0.1) is 0 Å². The van der Waals surface area contributed by atoms with Crippen molar-refractivity contribution in [3.63, 3.8) is 0 Å². The number of hydrogen-bond donors (Lipinski definition) is 1. The van der Waals surface area contributed by atoms with Crippen LogP contribution in [0.4, 0.5) is 0 Å². The Balaban J connectivity index is 2.41. The molecule has 0 aliphatic carbocycles. The summed E-state index contributed by atoms with van der Waals surface area (Å²) in [7, 11) is 0. The van der Waals surface area contributed by atoms with Crippen LogP contribution in [0.5, 0.6) is 0 Å². The molecule has 20 heavy (non-hydrogen) atoms. The number of nitrogens with zero attached hydrogens (tertiary/aromatic N) is 2. The van der Waals surface area contributed by atoms with Crippen molar-refractivity contribution in [1.29, 1.82) is 0 Å². The lowest BCUT2D eigenvalue weighted by atomic mass is 9.92. The normalized spacial score (nSPS) is 16.4. The van der Waals surface area contributed by atoms with Crippen molar-refractivity contribution in [2.24, 2.45) is 0 Å². The molecule has 0 bridgehead atoms. The third-order valence-electron chi connectivity index (χ3n) is 3.37. The molecule has 104 valence electrons. The Morgan fingerprint density at radius 3 is 2.70 bits per heavy atom. The van der Waals surface area contributed by atoms with Gasteiger partial charge in [-0.25, -0.2) is 0 Å². The molecule has 3 nitrogen and oxygen atoms in total. The maximum atomic E-state index is 4.48. The summed E-state index contributed by atoms with van der Waals surface area (Å²) in [6.07, 6.45) is 15.3. The van der Waals surface area contributed by atoms with Gasteiger partial charge in [-0.1, -0.05) is 36.5 Å². The van der Waals surface area contributed by atoms with Crippen molar-refractivity contribution < 1.29 is 0 Å². The second-order valence-electron chi connectivity index (χ2n) is 4.79. The molecular weight excluding hydrogens is 246 g/mol. The Bertz CT molecular complexity index is 531. The molecule has 0 amide bonds. The van der Waals surface area contributed by atoms with Crippen molar-refractivity contribution in [3.8, 4) is 0 Å². The average Bonchev–Trinajstić information content (AvgIpc) is 2.50. The summed E-state index contributed by atoms with van der Waals surface area (Å²) in [4.78, 5) is 8.68. The fourth-order valence-electron chi connectivity index (χ4n) is 2.43.